The van der Waals surface area contributed by atoms with Gasteiger partial charge < -0.3 is 14.3 Å². The third-order valence-corrected chi connectivity index (χ3v) is 3.18. The Bertz CT molecular complexity index is 535. The lowest BCUT2D eigenvalue weighted by Crippen LogP contribution is -1.95. The Labute approximate surface area is 107 Å². The maximum Gasteiger partial charge on any atom is 0.303 e. The number of thiophene rings is 1. The van der Waals surface area contributed by atoms with Gasteiger partial charge in [0.15, 0.2) is 0 Å². The van der Waals surface area contributed by atoms with Crippen molar-refractivity contribution in [3.05, 3.63) is 17.3 Å². The molecule has 18 heavy (non-hydrogen) atoms. The van der Waals surface area contributed by atoms with Crippen molar-refractivity contribution >= 4 is 17.3 Å². The fourth-order valence-corrected chi connectivity index (χ4v) is 2.23. The van der Waals surface area contributed by atoms with Crippen molar-refractivity contribution in [1.29, 1.82) is 0 Å². The molecular weight excluding hydrogens is 256 g/mol. The maximum absolute atomic E-state index is 10.4. The van der Waals surface area contributed by atoms with Crippen LogP contribution in [0.1, 0.15) is 18.7 Å². The van der Waals surface area contributed by atoms with Crippen LogP contribution in [0.3, 0.4) is 0 Å². The monoisotopic (exact) mass is 268 g/mol. The molecule has 0 aliphatic rings. The second kappa shape index (κ2) is 5.63. The van der Waals surface area contributed by atoms with E-state index in [4.69, 9.17) is 14.3 Å². The normalized spacial score (nSPS) is 10.5. The van der Waals surface area contributed by atoms with Crippen molar-refractivity contribution < 1.29 is 19.1 Å². The Morgan fingerprint density at radius 1 is 1.56 bits per heavy atom. The molecule has 2 rings (SSSR count). The molecule has 1 N–H and O–H groups in total. The molecule has 0 aliphatic carbocycles. The number of methoxy groups -OCH3 is 1. The summed E-state index contributed by atoms with van der Waals surface area (Å²) in [5.41, 5.74) is 0. The van der Waals surface area contributed by atoms with Crippen LogP contribution in [0, 0.1) is 0 Å². The number of hydrogen-bond acceptors (Lipinski definition) is 6. The van der Waals surface area contributed by atoms with E-state index in [1.165, 1.54) is 11.3 Å². The van der Waals surface area contributed by atoms with Gasteiger partial charge >= 0.3 is 5.97 Å². The van der Waals surface area contributed by atoms with E-state index in [9.17, 15) is 4.79 Å². The molecule has 7 heteroatoms. The minimum absolute atomic E-state index is 0.0973. The Kier molecular flexibility index (Phi) is 3.93. The molecule has 0 bridgehead atoms. The minimum atomic E-state index is -0.824. The molecule has 2 heterocycles. The second-order valence-electron chi connectivity index (χ2n) is 3.57. The molecule has 96 valence electrons. The molecule has 0 saturated carbocycles. The highest BCUT2D eigenvalue weighted by Crippen LogP contribution is 2.34. The van der Waals surface area contributed by atoms with Crippen LogP contribution in [-0.2, 0) is 11.2 Å². The van der Waals surface area contributed by atoms with Crippen LogP contribution in [-0.4, -0.2) is 28.4 Å². The average molecular weight is 268 g/mol. The van der Waals surface area contributed by atoms with Crippen LogP contribution in [0.15, 0.2) is 15.9 Å². The number of ether oxygens (including phenoxy) is 1. The van der Waals surface area contributed by atoms with E-state index >= 15 is 0 Å². The third-order valence-electron chi connectivity index (χ3n) is 2.29. The number of aromatic nitrogens is 2. The van der Waals surface area contributed by atoms with Gasteiger partial charge in [-0.15, -0.1) is 21.5 Å². The summed E-state index contributed by atoms with van der Waals surface area (Å²) in [5.74, 6) is 0.726. The minimum Gasteiger partial charge on any atom is -0.495 e. The summed E-state index contributed by atoms with van der Waals surface area (Å²) in [6.07, 6.45) is 1.05. The van der Waals surface area contributed by atoms with Gasteiger partial charge in [-0.05, 0) is 17.9 Å². The Morgan fingerprint density at radius 2 is 2.39 bits per heavy atom. The molecule has 0 saturated heterocycles. The number of aliphatic carboxylic acids is 1. The third kappa shape index (κ3) is 2.86. The zero-order valence-electron chi connectivity index (χ0n) is 9.75. The first-order chi connectivity index (χ1) is 8.70. The highest BCUT2D eigenvalue weighted by Gasteiger charge is 2.14. The van der Waals surface area contributed by atoms with E-state index in [1.54, 1.807) is 7.11 Å². The molecule has 0 atom stereocenters. The Hall–Kier alpha value is -1.89. The molecule has 6 nitrogen and oxygen atoms in total. The fraction of sp³-hybridized carbons (Fsp3) is 0.364. The lowest BCUT2D eigenvalue weighted by atomic mass is 10.2. The van der Waals surface area contributed by atoms with Crippen LogP contribution in [0.2, 0.25) is 0 Å². The lowest BCUT2D eigenvalue weighted by molar-refractivity contribution is -0.137. The van der Waals surface area contributed by atoms with Crippen molar-refractivity contribution in [2.24, 2.45) is 0 Å². The zero-order valence-corrected chi connectivity index (χ0v) is 10.6. The number of hydrogen-bond donors (Lipinski definition) is 1. The van der Waals surface area contributed by atoms with E-state index < -0.39 is 5.97 Å². The largest absolute Gasteiger partial charge is 0.495 e. The summed E-state index contributed by atoms with van der Waals surface area (Å²) in [4.78, 5) is 11.2. The van der Waals surface area contributed by atoms with Crippen molar-refractivity contribution in [2.45, 2.75) is 19.3 Å². The van der Waals surface area contributed by atoms with Gasteiger partial charge in [0.2, 0.25) is 5.89 Å². The molecular formula is C11H12N2O4S. The molecule has 0 unspecified atom stereocenters. The molecule has 0 radical (unpaired) electrons. The highest BCUT2D eigenvalue weighted by atomic mass is 32.1. The quantitative estimate of drug-likeness (QED) is 0.864. The first-order valence-corrected chi connectivity index (χ1v) is 6.24. The zero-order chi connectivity index (χ0) is 13.0. The fourth-order valence-electron chi connectivity index (χ4n) is 1.45. The van der Waals surface area contributed by atoms with Gasteiger partial charge in [-0.25, -0.2) is 0 Å². The summed E-state index contributed by atoms with van der Waals surface area (Å²) >= 11 is 1.45. The van der Waals surface area contributed by atoms with E-state index in [2.05, 4.69) is 10.2 Å². The van der Waals surface area contributed by atoms with E-state index in [0.717, 1.165) is 4.88 Å². The summed E-state index contributed by atoms with van der Waals surface area (Å²) in [6, 6.07) is 1.83. The number of carboxylic acid groups (broad SMARTS) is 1. The van der Waals surface area contributed by atoms with Gasteiger partial charge in [-0.1, -0.05) is 0 Å². The summed E-state index contributed by atoms with van der Waals surface area (Å²) in [6.45, 7) is 0. The van der Waals surface area contributed by atoms with Crippen molar-refractivity contribution in [3.63, 3.8) is 0 Å². The van der Waals surface area contributed by atoms with Gasteiger partial charge in [-0.3, -0.25) is 4.79 Å². The molecule has 0 aliphatic heterocycles. The number of nitrogens with zero attached hydrogens (tertiary/aromatic N) is 2. The molecule has 0 amide bonds. The highest BCUT2D eigenvalue weighted by molar-refractivity contribution is 7.13. The number of rotatable bonds is 6. The average Bonchev–Trinajstić information content (AvgIpc) is 2.95. The van der Waals surface area contributed by atoms with Gasteiger partial charge in [-0.2, -0.15) is 0 Å². The summed E-state index contributed by atoms with van der Waals surface area (Å²) in [7, 11) is 1.58. The van der Waals surface area contributed by atoms with E-state index in [0.29, 0.717) is 30.4 Å². The van der Waals surface area contributed by atoms with Gasteiger partial charge in [0.25, 0.3) is 5.89 Å². The first kappa shape index (κ1) is 12.6. The topological polar surface area (TPSA) is 85.5 Å². The molecule has 2 aromatic rings. The van der Waals surface area contributed by atoms with Gasteiger partial charge in [0, 0.05) is 12.8 Å². The lowest BCUT2D eigenvalue weighted by Gasteiger charge is -1.96. The van der Waals surface area contributed by atoms with Gasteiger partial charge in [0.1, 0.15) is 10.6 Å². The standard InChI is InChI=1S/C11H12N2O4S/c1-16-7-5-6-18-10(7)11-13-12-8(17-11)3-2-4-9(14)15/h5-6H,2-4H2,1H3,(H,14,15). The van der Waals surface area contributed by atoms with Crippen LogP contribution in [0.25, 0.3) is 10.8 Å². The summed E-state index contributed by atoms with van der Waals surface area (Å²) < 4.78 is 10.6. The van der Waals surface area contributed by atoms with Crippen LogP contribution >= 0.6 is 11.3 Å². The van der Waals surface area contributed by atoms with Crippen molar-refractivity contribution in [2.75, 3.05) is 7.11 Å². The van der Waals surface area contributed by atoms with E-state index in [-0.39, 0.29) is 6.42 Å². The predicted octanol–water partition coefficient (Wildman–Crippen LogP) is 2.21. The SMILES string of the molecule is COc1ccsc1-c1nnc(CCCC(=O)O)o1. The van der Waals surface area contributed by atoms with Crippen molar-refractivity contribution in [3.8, 4) is 16.5 Å². The molecule has 0 spiro atoms. The van der Waals surface area contributed by atoms with Crippen LogP contribution in [0.4, 0.5) is 0 Å². The molecule has 0 aromatic carbocycles. The molecule has 0 fully saturated rings. The second-order valence-corrected chi connectivity index (χ2v) is 4.48. The first-order valence-electron chi connectivity index (χ1n) is 5.36. The maximum atomic E-state index is 10.4. The number of carboxylic acids is 1. The van der Waals surface area contributed by atoms with Crippen LogP contribution in [0.5, 0.6) is 5.75 Å². The number of carbonyl (C=O) groups is 1. The predicted molar refractivity (Wildman–Crippen MR) is 64.7 cm³/mol. The smallest absolute Gasteiger partial charge is 0.303 e. The summed E-state index contributed by atoms with van der Waals surface area (Å²) in [5, 5.41) is 18.2. The number of aryl methyl sites for hydroxylation is 1. The Balaban J connectivity index is 2.04. The van der Waals surface area contributed by atoms with Crippen LogP contribution < -0.4 is 4.74 Å². The van der Waals surface area contributed by atoms with Crippen molar-refractivity contribution in [1.82, 2.24) is 10.2 Å². The molecule has 2 aromatic heterocycles. The van der Waals surface area contributed by atoms with E-state index in [1.807, 2.05) is 11.4 Å². The van der Waals surface area contributed by atoms with Gasteiger partial charge in [0.05, 0.1) is 7.11 Å². The Morgan fingerprint density at radius 3 is 3.11 bits per heavy atom.